The Bertz CT molecular complexity index is 1020. The number of benzene rings is 2. The summed E-state index contributed by atoms with van der Waals surface area (Å²) >= 11 is 7.66. The number of amides is 2. The standard InChI is InChI=1S/C21H18ClN3O3S/c22-19-8-5-15(9-18(19)21(27)24-14-3-4-14)25-20(26)13-1-6-17(7-2-13)28-10-16-11-29-12-23-16/h1-2,5-9,11-12,14H,3-4,10H2,(H,24,27)(H,25,26). The minimum atomic E-state index is -0.285. The Morgan fingerprint density at radius 2 is 1.93 bits per heavy atom. The van der Waals surface area contributed by atoms with Crippen LogP contribution in [0.15, 0.2) is 53.4 Å². The summed E-state index contributed by atoms with van der Waals surface area (Å²) in [6.45, 7) is 0.380. The first-order valence-electron chi connectivity index (χ1n) is 9.10. The summed E-state index contributed by atoms with van der Waals surface area (Å²) in [7, 11) is 0. The lowest BCUT2D eigenvalue weighted by Gasteiger charge is -2.10. The first-order chi connectivity index (χ1) is 14.1. The minimum Gasteiger partial charge on any atom is -0.487 e. The van der Waals surface area contributed by atoms with E-state index in [4.69, 9.17) is 16.3 Å². The number of aromatic nitrogens is 1. The van der Waals surface area contributed by atoms with Crippen molar-refractivity contribution in [3.63, 3.8) is 0 Å². The number of halogens is 1. The highest BCUT2D eigenvalue weighted by atomic mass is 35.5. The Morgan fingerprint density at radius 1 is 1.14 bits per heavy atom. The fourth-order valence-electron chi connectivity index (χ4n) is 2.64. The molecule has 148 valence electrons. The quantitative estimate of drug-likeness (QED) is 0.581. The SMILES string of the molecule is O=C(Nc1ccc(Cl)c(C(=O)NC2CC2)c1)c1ccc(OCc2cscn2)cc1. The first-order valence-corrected chi connectivity index (χ1v) is 10.4. The molecule has 0 radical (unpaired) electrons. The van der Waals surface area contributed by atoms with Gasteiger partial charge >= 0.3 is 0 Å². The molecule has 2 amide bonds. The molecular weight excluding hydrogens is 410 g/mol. The molecule has 2 N–H and O–H groups in total. The van der Waals surface area contributed by atoms with Gasteiger partial charge in [-0.1, -0.05) is 11.6 Å². The molecule has 3 aromatic rings. The van der Waals surface area contributed by atoms with Crippen molar-refractivity contribution in [2.24, 2.45) is 0 Å². The zero-order valence-electron chi connectivity index (χ0n) is 15.4. The number of anilines is 1. The van der Waals surface area contributed by atoms with Gasteiger partial charge < -0.3 is 15.4 Å². The van der Waals surface area contributed by atoms with Gasteiger partial charge in [0.2, 0.25) is 0 Å². The van der Waals surface area contributed by atoms with Gasteiger partial charge in [0.1, 0.15) is 12.4 Å². The Balaban J connectivity index is 1.38. The normalized spacial score (nSPS) is 13.0. The van der Waals surface area contributed by atoms with Crippen LogP contribution in [-0.4, -0.2) is 22.8 Å². The second-order valence-corrected chi connectivity index (χ2v) is 7.82. The van der Waals surface area contributed by atoms with Crippen molar-refractivity contribution in [3.8, 4) is 5.75 Å². The van der Waals surface area contributed by atoms with E-state index in [1.54, 1.807) is 48.0 Å². The Hall–Kier alpha value is -2.90. The van der Waals surface area contributed by atoms with Crippen molar-refractivity contribution in [1.82, 2.24) is 10.3 Å². The molecule has 6 nitrogen and oxygen atoms in total. The van der Waals surface area contributed by atoms with E-state index >= 15 is 0 Å². The molecule has 0 bridgehead atoms. The predicted molar refractivity (Wildman–Crippen MR) is 113 cm³/mol. The molecule has 0 saturated heterocycles. The van der Waals surface area contributed by atoms with E-state index in [9.17, 15) is 9.59 Å². The average molecular weight is 428 g/mol. The summed E-state index contributed by atoms with van der Waals surface area (Å²) in [5.74, 6) is 0.141. The van der Waals surface area contributed by atoms with Crippen LogP contribution in [0.2, 0.25) is 5.02 Å². The third kappa shape index (κ3) is 5.13. The minimum absolute atomic E-state index is 0.227. The highest BCUT2D eigenvalue weighted by Gasteiger charge is 2.25. The molecule has 4 rings (SSSR count). The highest BCUT2D eigenvalue weighted by Crippen LogP contribution is 2.24. The van der Waals surface area contributed by atoms with Gasteiger partial charge in [-0.15, -0.1) is 11.3 Å². The monoisotopic (exact) mass is 427 g/mol. The van der Waals surface area contributed by atoms with Gasteiger partial charge in [-0.3, -0.25) is 9.59 Å². The van der Waals surface area contributed by atoms with Crippen LogP contribution in [0.25, 0.3) is 0 Å². The van der Waals surface area contributed by atoms with Crippen molar-refractivity contribution in [1.29, 1.82) is 0 Å². The Kier molecular flexibility index (Phi) is 5.78. The van der Waals surface area contributed by atoms with E-state index in [0.717, 1.165) is 18.5 Å². The topological polar surface area (TPSA) is 80.3 Å². The van der Waals surface area contributed by atoms with Gasteiger partial charge in [0, 0.05) is 22.7 Å². The van der Waals surface area contributed by atoms with Crippen LogP contribution in [0, 0.1) is 0 Å². The number of hydrogen-bond donors (Lipinski definition) is 2. The second-order valence-electron chi connectivity index (χ2n) is 6.69. The average Bonchev–Trinajstić information content (AvgIpc) is 3.38. The Morgan fingerprint density at radius 3 is 2.62 bits per heavy atom. The van der Waals surface area contributed by atoms with Gasteiger partial charge in [0.05, 0.1) is 21.8 Å². The highest BCUT2D eigenvalue weighted by molar-refractivity contribution is 7.07. The van der Waals surface area contributed by atoms with Crippen LogP contribution in [-0.2, 0) is 6.61 Å². The Labute approximate surface area is 176 Å². The number of carbonyl (C=O) groups excluding carboxylic acids is 2. The number of ether oxygens (including phenoxy) is 1. The molecule has 0 aliphatic heterocycles. The molecule has 2 aromatic carbocycles. The van der Waals surface area contributed by atoms with E-state index < -0.39 is 0 Å². The largest absolute Gasteiger partial charge is 0.487 e. The van der Waals surface area contributed by atoms with Crippen molar-refractivity contribution in [3.05, 3.63) is 75.2 Å². The lowest BCUT2D eigenvalue weighted by Crippen LogP contribution is -2.25. The number of hydrogen-bond acceptors (Lipinski definition) is 5. The van der Waals surface area contributed by atoms with Gasteiger partial charge in [-0.05, 0) is 55.3 Å². The summed E-state index contributed by atoms with van der Waals surface area (Å²) in [6, 6.07) is 11.9. The van der Waals surface area contributed by atoms with Gasteiger partial charge in [0.25, 0.3) is 11.8 Å². The number of rotatable bonds is 7. The predicted octanol–water partition coefficient (Wildman–Crippen LogP) is 4.52. The molecule has 8 heteroatoms. The fourth-order valence-corrected chi connectivity index (χ4v) is 3.39. The maximum atomic E-state index is 12.5. The molecule has 0 atom stereocenters. The zero-order valence-corrected chi connectivity index (χ0v) is 16.9. The van der Waals surface area contributed by atoms with Crippen LogP contribution in [0.1, 0.15) is 39.3 Å². The van der Waals surface area contributed by atoms with Crippen molar-refractivity contribution < 1.29 is 14.3 Å². The molecule has 0 unspecified atom stereocenters. The van der Waals surface area contributed by atoms with Crippen LogP contribution in [0.3, 0.4) is 0 Å². The van der Waals surface area contributed by atoms with Crippen molar-refractivity contribution >= 4 is 40.4 Å². The van der Waals surface area contributed by atoms with E-state index in [-0.39, 0.29) is 17.9 Å². The lowest BCUT2D eigenvalue weighted by molar-refractivity contribution is 0.0949. The lowest BCUT2D eigenvalue weighted by atomic mass is 10.1. The molecule has 1 aliphatic rings. The molecule has 1 heterocycles. The zero-order chi connectivity index (χ0) is 20.2. The van der Waals surface area contributed by atoms with Crippen LogP contribution in [0.4, 0.5) is 5.69 Å². The van der Waals surface area contributed by atoms with E-state index in [1.165, 1.54) is 11.3 Å². The van der Waals surface area contributed by atoms with Gasteiger partial charge in [-0.25, -0.2) is 4.98 Å². The second kappa shape index (κ2) is 8.63. The van der Waals surface area contributed by atoms with E-state index in [1.807, 2.05) is 5.38 Å². The number of nitrogens with zero attached hydrogens (tertiary/aromatic N) is 1. The van der Waals surface area contributed by atoms with Crippen molar-refractivity contribution in [2.45, 2.75) is 25.5 Å². The number of thiazole rings is 1. The number of nitrogens with one attached hydrogen (secondary N) is 2. The molecule has 1 aromatic heterocycles. The smallest absolute Gasteiger partial charge is 0.255 e. The van der Waals surface area contributed by atoms with Gasteiger partial charge in [-0.2, -0.15) is 0 Å². The fraction of sp³-hybridized carbons (Fsp3) is 0.190. The molecule has 29 heavy (non-hydrogen) atoms. The van der Waals surface area contributed by atoms with Gasteiger partial charge in [0.15, 0.2) is 0 Å². The summed E-state index contributed by atoms with van der Waals surface area (Å²) in [5.41, 5.74) is 3.95. The molecule has 0 spiro atoms. The molecule has 1 saturated carbocycles. The summed E-state index contributed by atoms with van der Waals surface area (Å²) in [4.78, 5) is 29.0. The first kappa shape index (κ1) is 19.4. The maximum absolute atomic E-state index is 12.5. The summed E-state index contributed by atoms with van der Waals surface area (Å²) < 4.78 is 5.65. The summed E-state index contributed by atoms with van der Waals surface area (Å²) in [6.07, 6.45) is 1.98. The molecular formula is C21H18ClN3O3S. The van der Waals surface area contributed by atoms with E-state index in [0.29, 0.717) is 34.2 Å². The van der Waals surface area contributed by atoms with Crippen LogP contribution >= 0.6 is 22.9 Å². The third-order valence-electron chi connectivity index (χ3n) is 4.37. The van der Waals surface area contributed by atoms with Crippen molar-refractivity contribution in [2.75, 3.05) is 5.32 Å². The molecule has 1 fully saturated rings. The van der Waals surface area contributed by atoms with Crippen LogP contribution in [0.5, 0.6) is 5.75 Å². The summed E-state index contributed by atoms with van der Waals surface area (Å²) in [5, 5.41) is 7.97. The van der Waals surface area contributed by atoms with Crippen LogP contribution < -0.4 is 15.4 Å². The number of carbonyl (C=O) groups is 2. The maximum Gasteiger partial charge on any atom is 0.255 e. The third-order valence-corrected chi connectivity index (χ3v) is 5.33. The molecule has 1 aliphatic carbocycles. The van der Waals surface area contributed by atoms with E-state index in [2.05, 4.69) is 15.6 Å².